The van der Waals surface area contributed by atoms with Crippen LogP contribution in [0.25, 0.3) is 11.1 Å². The van der Waals surface area contributed by atoms with E-state index < -0.39 is 11.5 Å². The molecule has 0 fully saturated rings. The molecule has 4 aromatic rings. The van der Waals surface area contributed by atoms with Crippen LogP contribution in [0.4, 0.5) is 5.69 Å². The number of rotatable bonds is 6. The molecule has 4 nitrogen and oxygen atoms in total. The number of halogens is 1. The molecule has 0 saturated carbocycles. The van der Waals surface area contributed by atoms with E-state index in [0.717, 1.165) is 22.3 Å². The van der Waals surface area contributed by atoms with Crippen molar-refractivity contribution in [2.75, 3.05) is 4.90 Å². The lowest BCUT2D eigenvalue weighted by atomic mass is 9.88. The first-order valence-electron chi connectivity index (χ1n) is 11.4. The van der Waals surface area contributed by atoms with Gasteiger partial charge in [0.15, 0.2) is 11.4 Å². The molecule has 1 aliphatic heterocycles. The zero-order valence-electron chi connectivity index (χ0n) is 19.2. The number of fused-ring (bicyclic) bond motifs is 1. The third-order valence-electron chi connectivity index (χ3n) is 6.61. The van der Waals surface area contributed by atoms with Crippen LogP contribution in [0.3, 0.4) is 0 Å². The summed E-state index contributed by atoms with van der Waals surface area (Å²) in [7, 11) is 0. The minimum Gasteiger partial charge on any atom is -0.375 e. The van der Waals surface area contributed by atoms with Gasteiger partial charge in [0.2, 0.25) is 0 Å². The molecule has 0 aliphatic carbocycles. The molecule has 1 amide bonds. The maximum Gasteiger partial charge on any atom is 0.264 e. The molecule has 174 valence electrons. The van der Waals surface area contributed by atoms with Crippen LogP contribution in [0.1, 0.15) is 33.5 Å². The fraction of sp³-hybridized carbons (Fsp3) is 0.133. The van der Waals surface area contributed by atoms with Gasteiger partial charge in [0, 0.05) is 16.1 Å². The third kappa shape index (κ3) is 4.27. The number of hydrogen-bond donors (Lipinski definition) is 1. The minimum absolute atomic E-state index is 0.294. The van der Waals surface area contributed by atoms with Crippen LogP contribution in [-0.2, 0) is 16.9 Å². The van der Waals surface area contributed by atoms with E-state index in [9.17, 15) is 14.7 Å². The lowest BCUT2D eigenvalue weighted by molar-refractivity contribution is -0.136. The van der Waals surface area contributed by atoms with Crippen LogP contribution in [-0.4, -0.2) is 16.8 Å². The molecule has 1 atom stereocenters. The highest BCUT2D eigenvalue weighted by atomic mass is 35.5. The number of ketones is 1. The molecule has 5 rings (SSSR count). The van der Waals surface area contributed by atoms with Crippen LogP contribution in [0.2, 0.25) is 5.02 Å². The molecule has 35 heavy (non-hydrogen) atoms. The van der Waals surface area contributed by atoms with E-state index in [2.05, 4.69) is 0 Å². The van der Waals surface area contributed by atoms with E-state index in [1.807, 2.05) is 73.7 Å². The molecular weight excluding hydrogens is 458 g/mol. The molecule has 0 unspecified atom stereocenters. The number of carbonyl (C=O) groups is 2. The highest BCUT2D eigenvalue weighted by Gasteiger charge is 2.51. The van der Waals surface area contributed by atoms with E-state index in [1.54, 1.807) is 35.2 Å². The average molecular weight is 482 g/mol. The summed E-state index contributed by atoms with van der Waals surface area (Å²) in [5.41, 5.74) is 3.42. The molecule has 0 radical (unpaired) electrons. The van der Waals surface area contributed by atoms with Gasteiger partial charge in [-0.1, -0.05) is 90.5 Å². The van der Waals surface area contributed by atoms with E-state index in [4.69, 9.17) is 11.6 Å². The Morgan fingerprint density at radius 2 is 1.54 bits per heavy atom. The van der Waals surface area contributed by atoms with Crippen molar-refractivity contribution in [3.8, 4) is 11.1 Å². The number of amides is 1. The quantitative estimate of drug-likeness (QED) is 0.328. The molecule has 1 N–H and O–H groups in total. The molecule has 0 saturated heterocycles. The largest absolute Gasteiger partial charge is 0.375 e. The fourth-order valence-corrected chi connectivity index (χ4v) is 4.79. The van der Waals surface area contributed by atoms with E-state index in [0.29, 0.717) is 28.4 Å². The van der Waals surface area contributed by atoms with Gasteiger partial charge in [-0.25, -0.2) is 0 Å². The highest BCUT2D eigenvalue weighted by Crippen LogP contribution is 2.45. The van der Waals surface area contributed by atoms with Crippen molar-refractivity contribution in [2.24, 2.45) is 0 Å². The second kappa shape index (κ2) is 9.14. The minimum atomic E-state index is -1.99. The van der Waals surface area contributed by atoms with Crippen molar-refractivity contribution in [1.82, 2.24) is 0 Å². The van der Waals surface area contributed by atoms with E-state index in [-0.39, 0.29) is 12.2 Å². The van der Waals surface area contributed by atoms with Crippen LogP contribution in [0, 0.1) is 6.92 Å². The van der Waals surface area contributed by atoms with Crippen molar-refractivity contribution in [1.29, 1.82) is 0 Å². The Balaban J connectivity index is 1.45. The summed E-state index contributed by atoms with van der Waals surface area (Å²) in [5, 5.41) is 12.0. The molecule has 1 aliphatic rings. The Kier molecular flexibility index (Phi) is 6.01. The maximum atomic E-state index is 13.6. The van der Waals surface area contributed by atoms with Crippen molar-refractivity contribution >= 4 is 29.0 Å². The van der Waals surface area contributed by atoms with Gasteiger partial charge in [-0.3, -0.25) is 9.59 Å². The van der Waals surface area contributed by atoms with Crippen molar-refractivity contribution in [2.45, 2.75) is 25.5 Å². The van der Waals surface area contributed by atoms with Crippen molar-refractivity contribution in [3.05, 3.63) is 124 Å². The molecule has 0 spiro atoms. The first-order valence-corrected chi connectivity index (χ1v) is 11.8. The van der Waals surface area contributed by atoms with Gasteiger partial charge in [-0.05, 0) is 47.4 Å². The van der Waals surface area contributed by atoms with E-state index in [1.165, 1.54) is 0 Å². The fourth-order valence-electron chi connectivity index (χ4n) is 4.62. The van der Waals surface area contributed by atoms with Gasteiger partial charge in [0.05, 0.1) is 18.7 Å². The average Bonchev–Trinajstić information content (AvgIpc) is 3.07. The monoisotopic (exact) mass is 481 g/mol. The topological polar surface area (TPSA) is 57.6 Å². The van der Waals surface area contributed by atoms with Crippen LogP contribution in [0.5, 0.6) is 0 Å². The Morgan fingerprint density at radius 3 is 2.26 bits per heavy atom. The highest BCUT2D eigenvalue weighted by molar-refractivity contribution is 6.31. The van der Waals surface area contributed by atoms with Gasteiger partial charge in [0.1, 0.15) is 0 Å². The van der Waals surface area contributed by atoms with Crippen molar-refractivity contribution < 1.29 is 14.7 Å². The summed E-state index contributed by atoms with van der Waals surface area (Å²) < 4.78 is 0. The molecule has 4 aromatic carbocycles. The normalized spacial score (nSPS) is 16.9. The first kappa shape index (κ1) is 23.0. The summed E-state index contributed by atoms with van der Waals surface area (Å²) >= 11 is 6.23. The van der Waals surface area contributed by atoms with E-state index >= 15 is 0 Å². The number of aryl methyl sites for hydroxylation is 1. The van der Waals surface area contributed by atoms with Crippen LogP contribution in [0.15, 0.2) is 97.1 Å². The Hall–Kier alpha value is -3.73. The lowest BCUT2D eigenvalue weighted by Gasteiger charge is -2.23. The second-order valence-corrected chi connectivity index (χ2v) is 9.32. The predicted molar refractivity (Wildman–Crippen MR) is 139 cm³/mol. The maximum absolute atomic E-state index is 13.6. The summed E-state index contributed by atoms with van der Waals surface area (Å²) in [4.78, 5) is 28.4. The molecule has 0 bridgehead atoms. The molecule has 0 aromatic heterocycles. The molecular formula is C30H24ClNO3. The number of nitrogens with zero attached hydrogens (tertiary/aromatic N) is 1. The third-order valence-corrected chi connectivity index (χ3v) is 6.85. The predicted octanol–water partition coefficient (Wildman–Crippen LogP) is 6.32. The Morgan fingerprint density at radius 1 is 0.886 bits per heavy atom. The number of anilines is 1. The Labute approximate surface area is 209 Å². The summed E-state index contributed by atoms with van der Waals surface area (Å²) in [5.74, 6) is -0.837. The van der Waals surface area contributed by atoms with Gasteiger partial charge in [-0.2, -0.15) is 0 Å². The van der Waals surface area contributed by atoms with Gasteiger partial charge in [0.25, 0.3) is 5.91 Å². The summed E-state index contributed by atoms with van der Waals surface area (Å²) in [6, 6.07) is 29.9. The zero-order chi connectivity index (χ0) is 24.6. The number of aliphatic hydroxyl groups is 1. The van der Waals surface area contributed by atoms with Gasteiger partial charge in [-0.15, -0.1) is 0 Å². The lowest BCUT2D eigenvalue weighted by Crippen LogP contribution is -2.41. The van der Waals surface area contributed by atoms with Crippen LogP contribution >= 0.6 is 11.6 Å². The van der Waals surface area contributed by atoms with Gasteiger partial charge < -0.3 is 10.0 Å². The zero-order valence-corrected chi connectivity index (χ0v) is 20.0. The molecule has 1 heterocycles. The summed E-state index contributed by atoms with van der Waals surface area (Å²) in [6.07, 6.45) is -0.367. The molecule has 5 heteroatoms. The number of hydrogen-bond acceptors (Lipinski definition) is 3. The Bertz CT molecular complexity index is 1420. The summed E-state index contributed by atoms with van der Waals surface area (Å²) in [6.45, 7) is 2.27. The van der Waals surface area contributed by atoms with Crippen molar-refractivity contribution in [3.63, 3.8) is 0 Å². The number of benzene rings is 4. The SMILES string of the molecule is Cc1ccccc1CN1C(=O)[C@@](O)(CC(=O)c2ccc(-c3ccccc3)cc2)c2cc(Cl)ccc21. The number of Topliss-reactive ketones (excluding diaryl/α,β-unsaturated/α-hetero) is 1. The van der Waals surface area contributed by atoms with Crippen LogP contribution < -0.4 is 4.90 Å². The standard InChI is InChI=1S/C30H24ClNO3/c1-20-7-5-6-10-24(20)19-32-27-16-15-25(31)17-26(27)30(35,29(32)34)18-28(33)23-13-11-22(12-14-23)21-8-3-2-4-9-21/h2-17,35H,18-19H2,1H3/t30-/m1/s1. The van der Waals surface area contributed by atoms with Gasteiger partial charge >= 0.3 is 0 Å². The number of carbonyl (C=O) groups excluding carboxylic acids is 2. The second-order valence-electron chi connectivity index (χ2n) is 8.88. The first-order chi connectivity index (χ1) is 16.9. The smallest absolute Gasteiger partial charge is 0.264 e.